The number of hydrogen-bond donors (Lipinski definition) is 1. The van der Waals surface area contributed by atoms with E-state index in [1.165, 1.54) is 6.07 Å². The Labute approximate surface area is 151 Å². The first-order valence-corrected chi connectivity index (χ1v) is 8.69. The van der Waals surface area contributed by atoms with Gasteiger partial charge < -0.3 is 10.2 Å². The molecule has 1 aromatic heterocycles. The van der Waals surface area contributed by atoms with Crippen LogP contribution in [0.1, 0.15) is 30.4 Å². The maximum atomic E-state index is 13.3. The smallest absolute Gasteiger partial charge is 0.264 e. The predicted molar refractivity (Wildman–Crippen MR) is 96.3 cm³/mol. The molecule has 0 radical (unpaired) electrons. The molecule has 1 aliphatic rings. The summed E-state index contributed by atoms with van der Waals surface area (Å²) in [6.45, 7) is 3.97. The first kappa shape index (κ1) is 18.0. The van der Waals surface area contributed by atoms with Crippen molar-refractivity contribution in [3.63, 3.8) is 0 Å². The fourth-order valence-corrected chi connectivity index (χ4v) is 3.36. The van der Waals surface area contributed by atoms with Crippen LogP contribution >= 0.6 is 11.6 Å². The second-order valence-corrected chi connectivity index (χ2v) is 6.98. The number of nitrogens with zero attached hydrogens (tertiary/aromatic N) is 3. The van der Waals surface area contributed by atoms with Crippen molar-refractivity contribution in [2.45, 2.75) is 32.2 Å². The molecular formula is C18H21ClF2N4. The highest BCUT2D eigenvalue weighted by molar-refractivity contribution is 6.30. The number of anilines is 1. The quantitative estimate of drug-likeness (QED) is 0.861. The van der Waals surface area contributed by atoms with Crippen LogP contribution in [0.25, 0.3) is 11.3 Å². The first-order chi connectivity index (χ1) is 11.9. The lowest BCUT2D eigenvalue weighted by molar-refractivity contribution is 0.152. The van der Waals surface area contributed by atoms with Crippen LogP contribution in [-0.4, -0.2) is 41.3 Å². The highest BCUT2D eigenvalue weighted by atomic mass is 35.5. The van der Waals surface area contributed by atoms with E-state index in [1.807, 2.05) is 6.92 Å². The van der Waals surface area contributed by atoms with Gasteiger partial charge >= 0.3 is 0 Å². The molecule has 134 valence electrons. The summed E-state index contributed by atoms with van der Waals surface area (Å²) in [4.78, 5) is 2.28. The number of likely N-dealkylation sites (tertiary alicyclic amines) is 1. The fraction of sp³-hybridized carbons (Fsp3) is 0.444. The number of hydrogen-bond acceptors (Lipinski definition) is 4. The second kappa shape index (κ2) is 7.62. The van der Waals surface area contributed by atoms with Gasteiger partial charge in [0.15, 0.2) is 5.82 Å². The van der Waals surface area contributed by atoms with E-state index in [9.17, 15) is 8.78 Å². The van der Waals surface area contributed by atoms with Gasteiger partial charge in [-0.3, -0.25) is 0 Å². The third-order valence-electron chi connectivity index (χ3n) is 4.47. The van der Waals surface area contributed by atoms with Crippen molar-refractivity contribution in [2.24, 2.45) is 0 Å². The van der Waals surface area contributed by atoms with Gasteiger partial charge in [0.2, 0.25) is 0 Å². The van der Waals surface area contributed by atoms with E-state index in [-0.39, 0.29) is 10.6 Å². The van der Waals surface area contributed by atoms with Gasteiger partial charge in [-0.05, 0) is 57.1 Å². The lowest BCUT2D eigenvalue weighted by Crippen LogP contribution is -2.40. The Morgan fingerprint density at radius 3 is 2.76 bits per heavy atom. The van der Waals surface area contributed by atoms with Crippen LogP contribution in [0.15, 0.2) is 24.3 Å². The normalized spacial score (nSPS) is 18.6. The van der Waals surface area contributed by atoms with E-state index in [0.29, 0.717) is 23.1 Å². The zero-order valence-corrected chi connectivity index (χ0v) is 15.0. The number of rotatable bonds is 4. The van der Waals surface area contributed by atoms with Crippen LogP contribution in [0.4, 0.5) is 14.6 Å². The van der Waals surface area contributed by atoms with E-state index in [0.717, 1.165) is 31.5 Å². The maximum absolute atomic E-state index is 13.3. The fourth-order valence-electron chi connectivity index (χ4n) is 3.18. The number of benzene rings is 1. The largest absolute Gasteiger partial charge is 0.364 e. The monoisotopic (exact) mass is 366 g/mol. The van der Waals surface area contributed by atoms with E-state index in [2.05, 4.69) is 27.5 Å². The van der Waals surface area contributed by atoms with Crippen LogP contribution in [0.3, 0.4) is 0 Å². The number of piperidine rings is 1. The van der Waals surface area contributed by atoms with Gasteiger partial charge in [0.25, 0.3) is 6.43 Å². The minimum absolute atomic E-state index is 0.129. The number of alkyl halides is 2. The van der Waals surface area contributed by atoms with Gasteiger partial charge in [0, 0.05) is 28.7 Å². The van der Waals surface area contributed by atoms with Crippen LogP contribution in [0.5, 0.6) is 0 Å². The zero-order chi connectivity index (χ0) is 18.0. The summed E-state index contributed by atoms with van der Waals surface area (Å²) in [6, 6.07) is 6.55. The molecule has 1 N–H and O–H groups in total. The SMILES string of the molecule is Cc1cc(-c2ccc(Cl)cc2C(F)F)nnc1N[C@@H]1CCCN(C)C1. The molecule has 1 aliphatic heterocycles. The van der Waals surface area contributed by atoms with Gasteiger partial charge in [0.1, 0.15) is 0 Å². The minimum Gasteiger partial charge on any atom is -0.364 e. The third kappa shape index (κ3) is 4.25. The maximum Gasteiger partial charge on any atom is 0.264 e. The molecule has 7 heteroatoms. The van der Waals surface area contributed by atoms with Crippen LogP contribution < -0.4 is 5.32 Å². The number of likely N-dealkylation sites (N-methyl/N-ethyl adjacent to an activating group) is 1. The van der Waals surface area contributed by atoms with Gasteiger partial charge in [-0.1, -0.05) is 17.7 Å². The van der Waals surface area contributed by atoms with E-state index in [4.69, 9.17) is 11.6 Å². The van der Waals surface area contributed by atoms with E-state index >= 15 is 0 Å². The van der Waals surface area contributed by atoms with Crippen LogP contribution in [0, 0.1) is 6.92 Å². The molecule has 0 spiro atoms. The molecule has 1 fully saturated rings. The van der Waals surface area contributed by atoms with E-state index in [1.54, 1.807) is 18.2 Å². The summed E-state index contributed by atoms with van der Waals surface area (Å²) < 4.78 is 26.6. The summed E-state index contributed by atoms with van der Waals surface area (Å²) in [5.41, 5.74) is 1.54. The highest BCUT2D eigenvalue weighted by Gasteiger charge is 2.20. The van der Waals surface area contributed by atoms with Crippen LogP contribution in [0.2, 0.25) is 5.02 Å². The topological polar surface area (TPSA) is 41.1 Å². The molecule has 0 amide bonds. The Morgan fingerprint density at radius 1 is 1.28 bits per heavy atom. The van der Waals surface area contributed by atoms with Crippen molar-refractivity contribution < 1.29 is 8.78 Å². The van der Waals surface area contributed by atoms with Crippen molar-refractivity contribution in [3.8, 4) is 11.3 Å². The molecule has 0 saturated carbocycles. The van der Waals surface area contributed by atoms with Crippen molar-refractivity contribution in [1.82, 2.24) is 15.1 Å². The third-order valence-corrected chi connectivity index (χ3v) is 4.71. The summed E-state index contributed by atoms with van der Waals surface area (Å²) in [7, 11) is 2.10. The van der Waals surface area contributed by atoms with Crippen molar-refractivity contribution >= 4 is 17.4 Å². The Morgan fingerprint density at radius 2 is 2.08 bits per heavy atom. The number of halogens is 3. The van der Waals surface area contributed by atoms with Gasteiger partial charge in [-0.2, -0.15) is 0 Å². The van der Waals surface area contributed by atoms with Crippen LogP contribution in [-0.2, 0) is 0 Å². The van der Waals surface area contributed by atoms with Crippen molar-refractivity contribution in [1.29, 1.82) is 0 Å². The molecule has 4 nitrogen and oxygen atoms in total. The predicted octanol–water partition coefficient (Wildman–Crippen LogP) is 4.55. The number of aromatic nitrogens is 2. The van der Waals surface area contributed by atoms with Crippen molar-refractivity contribution in [2.75, 3.05) is 25.5 Å². The molecule has 25 heavy (non-hydrogen) atoms. The average molecular weight is 367 g/mol. The summed E-state index contributed by atoms with van der Waals surface area (Å²) >= 11 is 5.84. The molecular weight excluding hydrogens is 346 g/mol. The summed E-state index contributed by atoms with van der Waals surface area (Å²) in [5, 5.41) is 12.1. The molecule has 0 unspecified atom stereocenters. The highest BCUT2D eigenvalue weighted by Crippen LogP contribution is 2.33. The average Bonchev–Trinajstić information content (AvgIpc) is 2.57. The molecule has 3 rings (SSSR count). The minimum atomic E-state index is -2.62. The Kier molecular flexibility index (Phi) is 5.49. The zero-order valence-electron chi connectivity index (χ0n) is 14.3. The summed E-state index contributed by atoms with van der Waals surface area (Å²) in [5.74, 6) is 0.705. The first-order valence-electron chi connectivity index (χ1n) is 8.31. The standard InChI is InChI=1S/C18H21ClF2N4/c1-11-8-16(14-6-5-12(19)9-15(14)17(20)21)23-24-18(11)22-13-4-3-7-25(2)10-13/h5-6,8-9,13,17H,3-4,7,10H2,1-2H3,(H,22,24)/t13-/m1/s1. The molecule has 1 atom stereocenters. The Balaban J connectivity index is 1.85. The molecule has 0 bridgehead atoms. The lowest BCUT2D eigenvalue weighted by Gasteiger charge is -2.30. The van der Waals surface area contributed by atoms with Crippen molar-refractivity contribution in [3.05, 3.63) is 40.4 Å². The van der Waals surface area contributed by atoms with Gasteiger partial charge in [0.05, 0.1) is 5.69 Å². The number of nitrogens with one attached hydrogen (secondary N) is 1. The molecule has 0 aliphatic carbocycles. The molecule has 1 saturated heterocycles. The molecule has 2 aromatic rings. The Hall–Kier alpha value is -1.79. The Bertz CT molecular complexity index is 754. The molecule has 1 aromatic carbocycles. The van der Waals surface area contributed by atoms with Gasteiger partial charge in [-0.25, -0.2) is 8.78 Å². The molecule has 2 heterocycles. The van der Waals surface area contributed by atoms with Gasteiger partial charge in [-0.15, -0.1) is 10.2 Å². The van der Waals surface area contributed by atoms with E-state index < -0.39 is 6.43 Å². The summed E-state index contributed by atoms with van der Waals surface area (Å²) in [6.07, 6.45) is -0.396. The lowest BCUT2D eigenvalue weighted by atomic mass is 10.0. The number of aryl methyl sites for hydroxylation is 1. The second-order valence-electron chi connectivity index (χ2n) is 6.54.